The van der Waals surface area contributed by atoms with Crippen LogP contribution in [0.1, 0.15) is 11.1 Å². The second kappa shape index (κ2) is 9.00. The van der Waals surface area contributed by atoms with Gasteiger partial charge >= 0.3 is 0 Å². The Morgan fingerprint density at radius 1 is 1.15 bits per heavy atom. The lowest BCUT2D eigenvalue weighted by Gasteiger charge is -2.06. The maximum atomic E-state index is 13.0. The minimum atomic E-state index is -0.697. The number of hydrogen-bond acceptors (Lipinski definition) is 4. The molecule has 1 amide bonds. The van der Waals surface area contributed by atoms with Crippen LogP contribution in [-0.4, -0.2) is 16.0 Å². The molecule has 0 atom stereocenters. The maximum Gasteiger partial charge on any atom is 0.248 e. The first-order valence-corrected chi connectivity index (χ1v) is 9.18. The van der Waals surface area contributed by atoms with Crippen LogP contribution in [0.4, 0.5) is 10.1 Å². The normalized spacial score (nSPS) is 10.9. The van der Waals surface area contributed by atoms with Gasteiger partial charge in [-0.05, 0) is 59.7 Å². The predicted octanol–water partition coefficient (Wildman–Crippen LogP) is 4.87. The molecule has 0 spiro atoms. The van der Waals surface area contributed by atoms with Gasteiger partial charge in [0.1, 0.15) is 0 Å². The summed E-state index contributed by atoms with van der Waals surface area (Å²) in [5, 5.41) is 12.1. The monoisotopic (exact) mass is 380 g/mol. The highest BCUT2D eigenvalue weighted by Crippen LogP contribution is 2.25. The number of nitrogens with one attached hydrogen (secondary N) is 1. The molecule has 1 heterocycles. The molecule has 0 aliphatic heterocycles. The molecular formula is C21H17FN2O2S. The van der Waals surface area contributed by atoms with Crippen molar-refractivity contribution < 1.29 is 14.3 Å². The predicted molar refractivity (Wildman–Crippen MR) is 106 cm³/mol. The van der Waals surface area contributed by atoms with E-state index in [0.29, 0.717) is 11.3 Å². The fourth-order valence-corrected chi connectivity index (χ4v) is 3.21. The zero-order valence-corrected chi connectivity index (χ0v) is 15.1. The number of phenolic OH excluding ortho intramolecular Hbond substituents is 1. The molecule has 0 unspecified atom stereocenters. The summed E-state index contributed by atoms with van der Waals surface area (Å²) in [6.07, 6.45) is 6.37. The van der Waals surface area contributed by atoms with Crippen LogP contribution in [0, 0.1) is 5.82 Å². The van der Waals surface area contributed by atoms with E-state index in [2.05, 4.69) is 10.3 Å². The number of anilines is 1. The van der Waals surface area contributed by atoms with Crippen molar-refractivity contribution in [2.45, 2.75) is 10.6 Å². The van der Waals surface area contributed by atoms with Gasteiger partial charge in [0.15, 0.2) is 11.6 Å². The number of amides is 1. The lowest BCUT2D eigenvalue weighted by atomic mass is 10.2. The van der Waals surface area contributed by atoms with Crippen LogP contribution in [0.3, 0.4) is 0 Å². The SMILES string of the molecule is O=C(C=Cc1ccc(F)c(O)c1)Nc1cccc(SCc2ccncc2)c1. The first-order chi connectivity index (χ1) is 13.1. The number of aromatic hydroxyl groups is 1. The molecule has 0 aliphatic carbocycles. The number of phenols is 1. The summed E-state index contributed by atoms with van der Waals surface area (Å²) in [5.41, 5.74) is 2.40. The van der Waals surface area contributed by atoms with Crippen molar-refractivity contribution in [2.75, 3.05) is 5.32 Å². The van der Waals surface area contributed by atoms with Crippen molar-refractivity contribution in [3.05, 3.63) is 90.0 Å². The van der Waals surface area contributed by atoms with Crippen molar-refractivity contribution in [3.63, 3.8) is 0 Å². The second-order valence-electron chi connectivity index (χ2n) is 5.71. The summed E-state index contributed by atoms with van der Waals surface area (Å²) in [7, 11) is 0. The highest BCUT2D eigenvalue weighted by atomic mass is 32.2. The van der Waals surface area contributed by atoms with Gasteiger partial charge in [-0.1, -0.05) is 12.1 Å². The third-order valence-corrected chi connectivity index (χ3v) is 4.72. The molecule has 2 aromatic carbocycles. The summed E-state index contributed by atoms with van der Waals surface area (Å²) < 4.78 is 13.0. The molecule has 4 nitrogen and oxygen atoms in total. The van der Waals surface area contributed by atoms with Crippen LogP contribution in [-0.2, 0) is 10.5 Å². The number of halogens is 1. The van der Waals surface area contributed by atoms with Crippen molar-refractivity contribution in [1.82, 2.24) is 4.98 Å². The average Bonchev–Trinajstić information content (AvgIpc) is 2.68. The average molecular weight is 380 g/mol. The summed E-state index contributed by atoms with van der Waals surface area (Å²) in [6.45, 7) is 0. The van der Waals surface area contributed by atoms with E-state index in [9.17, 15) is 14.3 Å². The van der Waals surface area contributed by atoms with Crippen LogP contribution in [0.15, 0.2) is 78.0 Å². The lowest BCUT2D eigenvalue weighted by molar-refractivity contribution is -0.111. The molecule has 3 rings (SSSR count). The maximum absolute atomic E-state index is 13.0. The summed E-state index contributed by atoms with van der Waals surface area (Å²) in [5.74, 6) is -0.641. The Balaban J connectivity index is 1.59. The number of carbonyl (C=O) groups is 1. The molecule has 0 fully saturated rings. The standard InChI is InChI=1S/C21H17FN2O2S/c22-19-6-4-15(12-20(19)25)5-7-21(26)24-17-2-1-3-18(13-17)27-14-16-8-10-23-11-9-16/h1-13,25H,14H2,(H,24,26). The highest BCUT2D eigenvalue weighted by Gasteiger charge is 2.03. The fraction of sp³-hybridized carbons (Fsp3) is 0.0476. The van der Waals surface area contributed by atoms with E-state index in [4.69, 9.17) is 0 Å². The molecular weight excluding hydrogens is 363 g/mol. The molecule has 0 aliphatic rings. The zero-order valence-electron chi connectivity index (χ0n) is 14.3. The van der Waals surface area contributed by atoms with Gasteiger partial charge in [-0.25, -0.2) is 4.39 Å². The van der Waals surface area contributed by atoms with Gasteiger partial charge in [-0.15, -0.1) is 11.8 Å². The number of pyridine rings is 1. The molecule has 3 aromatic rings. The lowest BCUT2D eigenvalue weighted by Crippen LogP contribution is -2.07. The number of benzene rings is 2. The smallest absolute Gasteiger partial charge is 0.248 e. The molecule has 136 valence electrons. The Morgan fingerprint density at radius 2 is 1.96 bits per heavy atom. The van der Waals surface area contributed by atoms with Crippen LogP contribution in [0.5, 0.6) is 5.75 Å². The van der Waals surface area contributed by atoms with E-state index in [1.165, 1.54) is 29.8 Å². The number of aromatic nitrogens is 1. The Hall–Kier alpha value is -3.12. The van der Waals surface area contributed by atoms with Gasteiger partial charge in [-0.2, -0.15) is 0 Å². The molecule has 1 aromatic heterocycles. The first kappa shape index (κ1) is 18.7. The van der Waals surface area contributed by atoms with E-state index in [0.717, 1.165) is 16.7 Å². The van der Waals surface area contributed by atoms with Gasteiger partial charge in [-0.3, -0.25) is 9.78 Å². The van der Waals surface area contributed by atoms with Crippen molar-refractivity contribution in [2.24, 2.45) is 0 Å². The highest BCUT2D eigenvalue weighted by molar-refractivity contribution is 7.98. The van der Waals surface area contributed by atoms with Gasteiger partial charge < -0.3 is 10.4 Å². The van der Waals surface area contributed by atoms with Crippen LogP contribution in [0.25, 0.3) is 6.08 Å². The van der Waals surface area contributed by atoms with Crippen molar-refractivity contribution in [3.8, 4) is 5.75 Å². The van der Waals surface area contributed by atoms with E-state index in [1.54, 1.807) is 24.2 Å². The molecule has 27 heavy (non-hydrogen) atoms. The Labute approximate surface area is 160 Å². The fourth-order valence-electron chi connectivity index (χ4n) is 2.30. The van der Waals surface area contributed by atoms with Crippen LogP contribution in [0.2, 0.25) is 0 Å². The molecule has 0 saturated carbocycles. The summed E-state index contributed by atoms with van der Waals surface area (Å²) >= 11 is 1.67. The Morgan fingerprint density at radius 3 is 2.74 bits per heavy atom. The molecule has 0 saturated heterocycles. The van der Waals surface area contributed by atoms with E-state index >= 15 is 0 Å². The largest absolute Gasteiger partial charge is 0.505 e. The minimum Gasteiger partial charge on any atom is -0.505 e. The zero-order chi connectivity index (χ0) is 19.1. The number of nitrogens with zero attached hydrogens (tertiary/aromatic N) is 1. The Kier molecular flexibility index (Phi) is 6.22. The van der Waals surface area contributed by atoms with Gasteiger partial charge in [0.25, 0.3) is 0 Å². The van der Waals surface area contributed by atoms with Crippen LogP contribution >= 0.6 is 11.8 Å². The first-order valence-electron chi connectivity index (χ1n) is 8.19. The number of rotatable bonds is 6. The number of carbonyl (C=O) groups excluding carboxylic acids is 1. The van der Waals surface area contributed by atoms with Crippen molar-refractivity contribution >= 4 is 29.4 Å². The summed E-state index contributed by atoms with van der Waals surface area (Å²) in [4.78, 5) is 17.1. The van der Waals surface area contributed by atoms with Gasteiger partial charge in [0.05, 0.1) is 0 Å². The second-order valence-corrected chi connectivity index (χ2v) is 6.75. The quantitative estimate of drug-likeness (QED) is 0.473. The molecule has 0 bridgehead atoms. The van der Waals surface area contributed by atoms with Gasteiger partial charge in [0.2, 0.25) is 5.91 Å². The third-order valence-electron chi connectivity index (χ3n) is 3.65. The topological polar surface area (TPSA) is 62.2 Å². The van der Waals surface area contributed by atoms with Crippen LogP contribution < -0.4 is 5.32 Å². The Bertz CT molecular complexity index is 961. The summed E-state index contributed by atoms with van der Waals surface area (Å²) in [6, 6.07) is 15.4. The van der Waals surface area contributed by atoms with E-state index in [1.807, 2.05) is 36.4 Å². The molecule has 6 heteroatoms. The van der Waals surface area contributed by atoms with E-state index < -0.39 is 11.6 Å². The van der Waals surface area contributed by atoms with Gasteiger partial charge in [0, 0.05) is 34.8 Å². The number of thioether (sulfide) groups is 1. The van der Waals surface area contributed by atoms with E-state index in [-0.39, 0.29) is 5.91 Å². The number of hydrogen-bond donors (Lipinski definition) is 2. The molecule has 2 N–H and O–H groups in total. The minimum absolute atomic E-state index is 0.310. The molecule has 0 radical (unpaired) electrons. The third kappa shape index (κ3) is 5.69. The van der Waals surface area contributed by atoms with Crippen molar-refractivity contribution in [1.29, 1.82) is 0 Å².